The molecule has 0 aliphatic rings. The number of aromatic nitrogens is 2. The van der Waals surface area contributed by atoms with Crippen LogP contribution in [-0.2, 0) is 0 Å². The van der Waals surface area contributed by atoms with Crippen LogP contribution in [0.1, 0.15) is 17.0 Å². The Morgan fingerprint density at radius 2 is 1.89 bits per heavy atom. The molecular weight excluding hydrogens is 334 g/mol. The van der Waals surface area contributed by atoms with E-state index in [1.807, 2.05) is 42.7 Å². The second-order valence-corrected chi connectivity index (χ2v) is 6.50. The molecule has 4 aromatic rings. The number of aliphatic imine (C=N–C) groups is 1. The lowest BCUT2D eigenvalue weighted by Crippen LogP contribution is -1.99. The number of methoxy groups -OCH3 is 1. The molecule has 0 bridgehead atoms. The number of benzene rings is 2. The lowest BCUT2D eigenvalue weighted by Gasteiger charge is -2.10. The topological polar surface area (TPSA) is 39.4 Å². The van der Waals surface area contributed by atoms with Gasteiger partial charge in [-0.05, 0) is 56.3 Å². The standard InChI is InChI=1S/C23H21N3O/c1-16-12-19(15-25-20-7-4-8-22(14-20)27-3)17(2)26(16)21-9-10-23-18(13-21)6-5-11-24-23/h4-15H,1-3H3. The first kappa shape index (κ1) is 17.0. The Balaban J connectivity index is 1.71. The van der Waals surface area contributed by atoms with Crippen LogP contribution in [0.15, 0.2) is 71.9 Å². The molecule has 4 heteroatoms. The molecule has 0 unspecified atom stereocenters. The van der Waals surface area contributed by atoms with Gasteiger partial charge in [-0.15, -0.1) is 0 Å². The minimum absolute atomic E-state index is 0.805. The number of pyridine rings is 1. The van der Waals surface area contributed by atoms with Crippen LogP contribution in [0.25, 0.3) is 16.6 Å². The predicted molar refractivity (Wildman–Crippen MR) is 111 cm³/mol. The third kappa shape index (κ3) is 3.34. The van der Waals surface area contributed by atoms with Gasteiger partial charge < -0.3 is 9.30 Å². The number of nitrogens with zero attached hydrogens (tertiary/aromatic N) is 3. The van der Waals surface area contributed by atoms with E-state index in [1.165, 1.54) is 5.69 Å². The van der Waals surface area contributed by atoms with Crippen molar-refractivity contribution < 1.29 is 4.74 Å². The number of hydrogen-bond acceptors (Lipinski definition) is 3. The summed E-state index contributed by atoms with van der Waals surface area (Å²) >= 11 is 0. The van der Waals surface area contributed by atoms with E-state index >= 15 is 0 Å². The summed E-state index contributed by atoms with van der Waals surface area (Å²) in [5, 5.41) is 1.13. The fourth-order valence-electron chi connectivity index (χ4n) is 3.35. The zero-order valence-electron chi connectivity index (χ0n) is 15.7. The van der Waals surface area contributed by atoms with Gasteiger partial charge >= 0.3 is 0 Å². The van der Waals surface area contributed by atoms with Crippen LogP contribution < -0.4 is 4.74 Å². The molecule has 0 fully saturated rings. The number of ether oxygens (including phenoxy) is 1. The molecule has 0 saturated carbocycles. The largest absolute Gasteiger partial charge is 0.497 e. The first-order chi connectivity index (χ1) is 13.2. The van der Waals surface area contributed by atoms with Crippen molar-refractivity contribution >= 4 is 22.8 Å². The normalized spacial score (nSPS) is 11.4. The van der Waals surface area contributed by atoms with E-state index in [-0.39, 0.29) is 0 Å². The second-order valence-electron chi connectivity index (χ2n) is 6.50. The van der Waals surface area contributed by atoms with Crippen molar-refractivity contribution in [3.63, 3.8) is 0 Å². The fraction of sp³-hybridized carbons (Fsp3) is 0.130. The monoisotopic (exact) mass is 355 g/mol. The molecule has 0 saturated heterocycles. The molecule has 0 spiro atoms. The van der Waals surface area contributed by atoms with E-state index in [1.54, 1.807) is 7.11 Å². The Morgan fingerprint density at radius 3 is 2.74 bits per heavy atom. The molecular formula is C23H21N3O. The first-order valence-electron chi connectivity index (χ1n) is 8.88. The van der Waals surface area contributed by atoms with Crippen molar-refractivity contribution in [1.29, 1.82) is 0 Å². The SMILES string of the molecule is COc1cccc(N=Cc2cc(C)n(-c3ccc4ncccc4c3)c2C)c1. The van der Waals surface area contributed by atoms with Gasteiger partial charge in [0.15, 0.2) is 0 Å². The molecule has 0 atom stereocenters. The van der Waals surface area contributed by atoms with Crippen LogP contribution in [0, 0.1) is 13.8 Å². The van der Waals surface area contributed by atoms with E-state index in [0.29, 0.717) is 0 Å². The number of fused-ring (bicyclic) bond motifs is 1. The highest BCUT2D eigenvalue weighted by molar-refractivity contribution is 5.85. The van der Waals surface area contributed by atoms with Gasteiger partial charge in [-0.1, -0.05) is 12.1 Å². The highest BCUT2D eigenvalue weighted by Crippen LogP contribution is 2.24. The molecule has 134 valence electrons. The minimum Gasteiger partial charge on any atom is -0.497 e. The minimum atomic E-state index is 0.805. The maximum atomic E-state index is 5.26. The van der Waals surface area contributed by atoms with Crippen LogP contribution in [0.3, 0.4) is 0 Å². The van der Waals surface area contributed by atoms with E-state index < -0.39 is 0 Å². The molecule has 27 heavy (non-hydrogen) atoms. The molecule has 2 aromatic carbocycles. The summed E-state index contributed by atoms with van der Waals surface area (Å²) in [5.41, 5.74) is 6.43. The molecule has 0 aliphatic carbocycles. The van der Waals surface area contributed by atoms with Crippen LogP contribution in [0.5, 0.6) is 5.75 Å². The maximum absolute atomic E-state index is 5.26. The summed E-state index contributed by atoms with van der Waals surface area (Å²) in [6.45, 7) is 4.23. The molecule has 0 aliphatic heterocycles. The summed E-state index contributed by atoms with van der Waals surface area (Å²) in [4.78, 5) is 9.02. The maximum Gasteiger partial charge on any atom is 0.121 e. The lowest BCUT2D eigenvalue weighted by molar-refractivity contribution is 0.415. The average molecular weight is 355 g/mol. The highest BCUT2D eigenvalue weighted by Gasteiger charge is 2.10. The Kier molecular flexibility index (Phi) is 4.47. The third-order valence-corrected chi connectivity index (χ3v) is 4.72. The zero-order valence-corrected chi connectivity index (χ0v) is 15.7. The van der Waals surface area contributed by atoms with Crippen molar-refractivity contribution in [2.45, 2.75) is 13.8 Å². The predicted octanol–water partition coefficient (Wildman–Crippen LogP) is 5.40. The van der Waals surface area contributed by atoms with Crippen molar-refractivity contribution in [3.8, 4) is 11.4 Å². The van der Waals surface area contributed by atoms with Crippen LogP contribution in [-0.4, -0.2) is 22.9 Å². The van der Waals surface area contributed by atoms with E-state index in [0.717, 1.165) is 39.3 Å². The van der Waals surface area contributed by atoms with Crippen molar-refractivity contribution in [3.05, 3.63) is 83.8 Å². The van der Waals surface area contributed by atoms with Gasteiger partial charge in [-0.2, -0.15) is 0 Å². The van der Waals surface area contributed by atoms with Gasteiger partial charge in [0.25, 0.3) is 0 Å². The van der Waals surface area contributed by atoms with Gasteiger partial charge in [0, 0.05) is 46.5 Å². The van der Waals surface area contributed by atoms with Gasteiger partial charge in [-0.3, -0.25) is 9.98 Å². The number of hydrogen-bond donors (Lipinski definition) is 0. The van der Waals surface area contributed by atoms with Gasteiger partial charge in [0.1, 0.15) is 5.75 Å². The number of aryl methyl sites for hydroxylation is 1. The Morgan fingerprint density at radius 1 is 1.00 bits per heavy atom. The fourth-order valence-corrected chi connectivity index (χ4v) is 3.35. The van der Waals surface area contributed by atoms with Crippen molar-refractivity contribution in [1.82, 2.24) is 9.55 Å². The summed E-state index contributed by atoms with van der Waals surface area (Å²) in [5.74, 6) is 0.805. The first-order valence-corrected chi connectivity index (χ1v) is 8.88. The Labute approximate surface area is 158 Å². The molecule has 2 aromatic heterocycles. The molecule has 2 heterocycles. The van der Waals surface area contributed by atoms with Crippen LogP contribution >= 0.6 is 0 Å². The third-order valence-electron chi connectivity index (χ3n) is 4.72. The quantitative estimate of drug-likeness (QED) is 0.460. The Hall–Kier alpha value is -3.40. The van der Waals surface area contributed by atoms with E-state index in [4.69, 9.17) is 4.74 Å². The van der Waals surface area contributed by atoms with E-state index in [2.05, 4.69) is 58.7 Å². The summed E-state index contributed by atoms with van der Waals surface area (Å²) in [6.07, 6.45) is 3.73. The molecule has 0 radical (unpaired) electrons. The Bertz CT molecular complexity index is 1140. The highest BCUT2D eigenvalue weighted by atomic mass is 16.5. The summed E-state index contributed by atoms with van der Waals surface area (Å²) < 4.78 is 7.51. The van der Waals surface area contributed by atoms with Gasteiger partial charge in [0.2, 0.25) is 0 Å². The molecule has 0 N–H and O–H groups in total. The van der Waals surface area contributed by atoms with Crippen molar-refractivity contribution in [2.24, 2.45) is 4.99 Å². The summed E-state index contributed by atoms with van der Waals surface area (Å²) in [7, 11) is 1.66. The van der Waals surface area contributed by atoms with Crippen LogP contribution in [0.2, 0.25) is 0 Å². The van der Waals surface area contributed by atoms with Gasteiger partial charge in [-0.25, -0.2) is 0 Å². The zero-order chi connectivity index (χ0) is 18.8. The lowest BCUT2D eigenvalue weighted by atomic mass is 10.2. The van der Waals surface area contributed by atoms with Crippen LogP contribution in [0.4, 0.5) is 5.69 Å². The summed E-state index contributed by atoms with van der Waals surface area (Å²) in [6, 6.07) is 20.3. The van der Waals surface area contributed by atoms with E-state index in [9.17, 15) is 0 Å². The molecule has 4 nitrogen and oxygen atoms in total. The molecule has 0 amide bonds. The smallest absolute Gasteiger partial charge is 0.121 e. The van der Waals surface area contributed by atoms with Gasteiger partial charge in [0.05, 0.1) is 18.3 Å². The average Bonchev–Trinajstić information content (AvgIpc) is 2.99. The van der Waals surface area contributed by atoms with Crippen molar-refractivity contribution in [2.75, 3.05) is 7.11 Å². The second kappa shape index (κ2) is 7.08. The number of rotatable bonds is 4. The molecule has 4 rings (SSSR count).